The van der Waals surface area contributed by atoms with E-state index in [4.69, 9.17) is 9.40 Å². The number of aryl methyl sites for hydroxylation is 2. The molecule has 3 heterocycles. The molecule has 0 amide bonds. The Kier molecular flexibility index (Phi) is 3.90. The predicted octanol–water partition coefficient (Wildman–Crippen LogP) is 3.91. The van der Waals surface area contributed by atoms with E-state index >= 15 is 0 Å². The summed E-state index contributed by atoms with van der Waals surface area (Å²) in [7, 11) is 0. The molecule has 0 saturated carbocycles. The van der Waals surface area contributed by atoms with E-state index in [1.165, 1.54) is 22.3 Å². The maximum atomic E-state index is 5.40. The molecule has 1 aliphatic rings. The molecule has 4 rings (SSSR count). The smallest absolute Gasteiger partial charge is 0.195 e. The highest BCUT2D eigenvalue weighted by atomic mass is 16.3. The highest BCUT2D eigenvalue weighted by molar-refractivity contribution is 5.47. The van der Waals surface area contributed by atoms with Gasteiger partial charge in [0.15, 0.2) is 11.6 Å². The normalized spacial score (nSPS) is 14.6. The predicted molar refractivity (Wildman–Crippen MR) is 93.5 cm³/mol. The van der Waals surface area contributed by atoms with Crippen molar-refractivity contribution in [2.45, 2.75) is 33.4 Å². The van der Waals surface area contributed by atoms with Gasteiger partial charge in [-0.3, -0.25) is 4.90 Å². The fourth-order valence-corrected chi connectivity index (χ4v) is 3.19. The van der Waals surface area contributed by atoms with Gasteiger partial charge in [-0.25, -0.2) is 9.97 Å². The molecular formula is C20H21N3O. The third-order valence-electron chi connectivity index (χ3n) is 4.73. The van der Waals surface area contributed by atoms with Gasteiger partial charge in [0.05, 0.1) is 12.0 Å². The summed E-state index contributed by atoms with van der Waals surface area (Å²) in [5, 5.41) is 0. The molecular weight excluding hydrogens is 298 g/mol. The van der Waals surface area contributed by atoms with Gasteiger partial charge < -0.3 is 4.42 Å². The van der Waals surface area contributed by atoms with Crippen LogP contribution in [0.15, 0.2) is 47.2 Å². The molecule has 0 aliphatic carbocycles. The van der Waals surface area contributed by atoms with Gasteiger partial charge in [0.2, 0.25) is 0 Å². The van der Waals surface area contributed by atoms with Gasteiger partial charge in [-0.1, -0.05) is 18.2 Å². The van der Waals surface area contributed by atoms with Gasteiger partial charge in [0, 0.05) is 37.8 Å². The van der Waals surface area contributed by atoms with Crippen molar-refractivity contribution in [3.8, 4) is 11.6 Å². The van der Waals surface area contributed by atoms with Gasteiger partial charge in [-0.2, -0.15) is 0 Å². The maximum Gasteiger partial charge on any atom is 0.195 e. The van der Waals surface area contributed by atoms with Crippen molar-refractivity contribution >= 4 is 0 Å². The number of benzene rings is 1. The number of furan rings is 1. The molecule has 4 nitrogen and oxygen atoms in total. The Bertz CT molecular complexity index is 855. The quantitative estimate of drug-likeness (QED) is 0.734. The summed E-state index contributed by atoms with van der Waals surface area (Å²) >= 11 is 0. The fourth-order valence-electron chi connectivity index (χ4n) is 3.19. The molecule has 4 heteroatoms. The van der Waals surface area contributed by atoms with Crippen LogP contribution in [0.1, 0.15) is 27.9 Å². The molecule has 0 bridgehead atoms. The lowest BCUT2D eigenvalue weighted by Gasteiger charge is -2.28. The van der Waals surface area contributed by atoms with Crippen molar-refractivity contribution in [2.75, 3.05) is 6.54 Å². The van der Waals surface area contributed by atoms with Crippen molar-refractivity contribution < 1.29 is 4.42 Å². The zero-order valence-corrected chi connectivity index (χ0v) is 14.1. The van der Waals surface area contributed by atoms with Crippen LogP contribution in [0.25, 0.3) is 11.6 Å². The highest BCUT2D eigenvalue weighted by Crippen LogP contribution is 2.22. The van der Waals surface area contributed by atoms with Crippen LogP contribution < -0.4 is 0 Å². The fraction of sp³-hybridized carbons (Fsp3) is 0.300. The minimum absolute atomic E-state index is 0.682. The molecule has 3 aromatic rings. The lowest BCUT2D eigenvalue weighted by Crippen LogP contribution is -2.31. The van der Waals surface area contributed by atoms with Crippen LogP contribution in [-0.2, 0) is 19.5 Å². The van der Waals surface area contributed by atoms with Gasteiger partial charge in [0.1, 0.15) is 0 Å². The number of hydrogen-bond acceptors (Lipinski definition) is 4. The van der Waals surface area contributed by atoms with Crippen molar-refractivity contribution in [1.29, 1.82) is 0 Å². The summed E-state index contributed by atoms with van der Waals surface area (Å²) in [5.41, 5.74) is 6.45. The number of fused-ring (bicyclic) bond motifs is 1. The molecule has 0 unspecified atom stereocenters. The molecule has 0 spiro atoms. The van der Waals surface area contributed by atoms with Crippen LogP contribution in [0.3, 0.4) is 0 Å². The van der Waals surface area contributed by atoms with Gasteiger partial charge in [-0.15, -0.1) is 0 Å². The minimum atomic E-state index is 0.682. The van der Waals surface area contributed by atoms with E-state index in [1.807, 2.05) is 18.3 Å². The third-order valence-corrected chi connectivity index (χ3v) is 4.73. The second-order valence-electron chi connectivity index (χ2n) is 6.52. The molecule has 0 fully saturated rings. The molecule has 122 valence electrons. The Morgan fingerprint density at radius 3 is 2.88 bits per heavy atom. The average molecular weight is 319 g/mol. The van der Waals surface area contributed by atoms with Gasteiger partial charge >= 0.3 is 0 Å². The van der Waals surface area contributed by atoms with Crippen LogP contribution in [-0.4, -0.2) is 21.4 Å². The van der Waals surface area contributed by atoms with Crippen molar-refractivity contribution in [2.24, 2.45) is 0 Å². The lowest BCUT2D eigenvalue weighted by molar-refractivity contribution is 0.243. The first-order valence-electron chi connectivity index (χ1n) is 8.36. The zero-order valence-electron chi connectivity index (χ0n) is 14.1. The van der Waals surface area contributed by atoms with E-state index in [9.17, 15) is 0 Å². The zero-order chi connectivity index (χ0) is 16.5. The molecule has 0 atom stereocenters. The molecule has 1 aromatic carbocycles. The molecule has 0 N–H and O–H groups in total. The summed E-state index contributed by atoms with van der Waals surface area (Å²) in [6.45, 7) is 7.23. The molecule has 2 aromatic heterocycles. The maximum absolute atomic E-state index is 5.40. The Morgan fingerprint density at radius 2 is 2.08 bits per heavy atom. The highest BCUT2D eigenvalue weighted by Gasteiger charge is 2.19. The Hall–Kier alpha value is -2.46. The van der Waals surface area contributed by atoms with E-state index < -0.39 is 0 Å². The largest absolute Gasteiger partial charge is 0.461 e. The van der Waals surface area contributed by atoms with E-state index in [1.54, 1.807) is 6.26 Å². The van der Waals surface area contributed by atoms with Crippen LogP contribution >= 0.6 is 0 Å². The Labute approximate surface area is 142 Å². The third kappa shape index (κ3) is 2.97. The van der Waals surface area contributed by atoms with E-state index in [-0.39, 0.29) is 0 Å². The first kappa shape index (κ1) is 15.1. The van der Waals surface area contributed by atoms with Crippen molar-refractivity contribution in [3.63, 3.8) is 0 Å². The first-order valence-corrected chi connectivity index (χ1v) is 8.36. The summed E-state index contributed by atoms with van der Waals surface area (Å²) in [6.07, 6.45) is 4.56. The second kappa shape index (κ2) is 6.21. The molecule has 1 aliphatic heterocycles. The number of aromatic nitrogens is 2. The van der Waals surface area contributed by atoms with Crippen molar-refractivity contribution in [1.82, 2.24) is 14.9 Å². The standard InChI is InChI=1S/C20H21N3O/c1-14-5-6-16(10-15(14)2)12-23-8-7-18-17(13-23)11-21-20(22-18)19-4-3-9-24-19/h3-6,9-11H,7-8,12-13H2,1-2H3. The van der Waals surface area contributed by atoms with E-state index in [0.29, 0.717) is 5.82 Å². The lowest BCUT2D eigenvalue weighted by atomic mass is 10.0. The van der Waals surface area contributed by atoms with Crippen molar-refractivity contribution in [3.05, 3.63) is 70.7 Å². The monoisotopic (exact) mass is 319 g/mol. The summed E-state index contributed by atoms with van der Waals surface area (Å²) in [5.74, 6) is 1.41. The topological polar surface area (TPSA) is 42.2 Å². The van der Waals surface area contributed by atoms with Crippen LogP contribution in [0.5, 0.6) is 0 Å². The first-order chi connectivity index (χ1) is 11.7. The van der Waals surface area contributed by atoms with Crippen LogP contribution in [0.2, 0.25) is 0 Å². The second-order valence-corrected chi connectivity index (χ2v) is 6.52. The minimum Gasteiger partial charge on any atom is -0.461 e. The molecule has 24 heavy (non-hydrogen) atoms. The summed E-state index contributed by atoms with van der Waals surface area (Å²) < 4.78 is 5.40. The SMILES string of the molecule is Cc1ccc(CN2CCc3nc(-c4ccco4)ncc3C2)cc1C. The average Bonchev–Trinajstić information content (AvgIpc) is 3.12. The molecule has 0 radical (unpaired) electrons. The Balaban J connectivity index is 1.50. The van der Waals surface area contributed by atoms with E-state index in [0.717, 1.165) is 37.5 Å². The summed E-state index contributed by atoms with van der Waals surface area (Å²) in [4.78, 5) is 11.6. The van der Waals surface area contributed by atoms with E-state index in [2.05, 4.69) is 41.9 Å². The van der Waals surface area contributed by atoms with Crippen LogP contribution in [0, 0.1) is 13.8 Å². The van der Waals surface area contributed by atoms with Gasteiger partial charge in [0.25, 0.3) is 0 Å². The Morgan fingerprint density at radius 1 is 1.17 bits per heavy atom. The van der Waals surface area contributed by atoms with Gasteiger partial charge in [-0.05, 0) is 42.7 Å². The molecule has 0 saturated heterocycles. The number of nitrogens with zero attached hydrogens (tertiary/aromatic N) is 3. The summed E-state index contributed by atoms with van der Waals surface area (Å²) in [6, 6.07) is 10.5. The number of hydrogen-bond donors (Lipinski definition) is 0. The van der Waals surface area contributed by atoms with Crippen LogP contribution in [0.4, 0.5) is 0 Å². The number of rotatable bonds is 3.